The molecular formula is C13H13F3O2. The van der Waals surface area contributed by atoms with Crippen LogP contribution in [0.15, 0.2) is 18.2 Å². The van der Waals surface area contributed by atoms with Gasteiger partial charge in [-0.2, -0.15) is 13.2 Å². The van der Waals surface area contributed by atoms with E-state index in [-0.39, 0.29) is 17.0 Å². The molecule has 0 aliphatic heterocycles. The second-order valence-corrected chi connectivity index (χ2v) is 4.67. The number of aryl methyl sites for hydroxylation is 1. The van der Waals surface area contributed by atoms with Crippen molar-refractivity contribution < 1.29 is 23.1 Å². The van der Waals surface area contributed by atoms with Crippen LogP contribution in [0.5, 0.6) is 0 Å². The van der Waals surface area contributed by atoms with Gasteiger partial charge in [-0.05, 0) is 43.4 Å². The fourth-order valence-electron chi connectivity index (χ4n) is 1.90. The lowest BCUT2D eigenvalue weighted by Crippen LogP contribution is -2.23. The van der Waals surface area contributed by atoms with Gasteiger partial charge >= 0.3 is 6.18 Å². The Hall–Kier alpha value is -1.36. The highest BCUT2D eigenvalue weighted by molar-refractivity contribution is 6.01. The van der Waals surface area contributed by atoms with Gasteiger partial charge in [-0.15, -0.1) is 0 Å². The van der Waals surface area contributed by atoms with Gasteiger partial charge < -0.3 is 5.11 Å². The second kappa shape index (κ2) is 4.39. The van der Waals surface area contributed by atoms with Gasteiger partial charge in [0, 0.05) is 5.56 Å². The minimum Gasteiger partial charge on any atom is -0.385 e. The van der Waals surface area contributed by atoms with Gasteiger partial charge in [0.05, 0.1) is 5.56 Å². The third-order valence-electron chi connectivity index (χ3n) is 3.16. The van der Waals surface area contributed by atoms with E-state index in [1.165, 1.54) is 6.92 Å². The number of halogens is 3. The molecule has 0 aromatic heterocycles. The number of aliphatic hydroxyl groups excluding tert-OH is 1. The monoisotopic (exact) mass is 258 g/mol. The summed E-state index contributed by atoms with van der Waals surface area (Å²) in [7, 11) is 0. The Morgan fingerprint density at radius 2 is 2.00 bits per heavy atom. The van der Waals surface area contributed by atoms with E-state index in [4.69, 9.17) is 0 Å². The summed E-state index contributed by atoms with van der Waals surface area (Å²) in [6.07, 6.45) is -3.90. The Kier molecular flexibility index (Phi) is 3.19. The molecule has 1 aromatic carbocycles. The van der Waals surface area contributed by atoms with Crippen LogP contribution < -0.4 is 0 Å². The molecule has 1 aromatic rings. The van der Waals surface area contributed by atoms with Gasteiger partial charge in [0.25, 0.3) is 0 Å². The summed E-state index contributed by atoms with van der Waals surface area (Å²) in [5, 5.41) is 9.69. The first-order chi connectivity index (χ1) is 8.30. The highest BCUT2D eigenvalue weighted by Crippen LogP contribution is 2.35. The van der Waals surface area contributed by atoms with E-state index in [0.29, 0.717) is 0 Å². The predicted octanol–water partition coefficient (Wildman–Crippen LogP) is 2.97. The number of hydrogen-bond donors (Lipinski definition) is 1. The Bertz CT molecular complexity index is 476. The molecule has 0 spiro atoms. The average Bonchev–Trinajstić information content (AvgIpc) is 3.09. The summed E-state index contributed by atoms with van der Waals surface area (Å²) in [5.41, 5.74) is -0.366. The van der Waals surface area contributed by atoms with Crippen LogP contribution in [0.25, 0.3) is 0 Å². The maximum atomic E-state index is 12.5. The Labute approximate surface area is 102 Å². The van der Waals surface area contributed by atoms with Crippen molar-refractivity contribution >= 4 is 5.78 Å². The summed E-state index contributed by atoms with van der Waals surface area (Å²) in [6.45, 7) is 1.45. The van der Waals surface area contributed by atoms with E-state index in [0.717, 1.165) is 31.0 Å². The lowest BCUT2D eigenvalue weighted by molar-refractivity contribution is -0.137. The third kappa shape index (κ3) is 2.56. The van der Waals surface area contributed by atoms with E-state index in [1.54, 1.807) is 0 Å². The highest BCUT2D eigenvalue weighted by atomic mass is 19.4. The number of ketones is 1. The number of carbonyl (C=O) groups excluding carboxylic acids is 1. The molecule has 1 aliphatic rings. The van der Waals surface area contributed by atoms with E-state index < -0.39 is 23.6 Å². The molecule has 0 amide bonds. The van der Waals surface area contributed by atoms with Gasteiger partial charge in [-0.3, -0.25) is 4.79 Å². The van der Waals surface area contributed by atoms with Crippen LogP contribution in [-0.2, 0) is 6.18 Å². The Morgan fingerprint density at radius 1 is 1.39 bits per heavy atom. The van der Waals surface area contributed by atoms with Crippen molar-refractivity contribution in [1.29, 1.82) is 0 Å². The second-order valence-electron chi connectivity index (χ2n) is 4.67. The SMILES string of the molecule is Cc1cc(C(F)(F)F)ccc1C(=O)C(O)C1CC1. The molecule has 1 saturated carbocycles. The van der Waals surface area contributed by atoms with Crippen molar-refractivity contribution in [3.63, 3.8) is 0 Å². The number of Topliss-reactive ketones (excluding diaryl/α,β-unsaturated/α-hetero) is 1. The molecule has 0 bridgehead atoms. The van der Waals surface area contributed by atoms with Crippen molar-refractivity contribution in [1.82, 2.24) is 0 Å². The molecule has 1 unspecified atom stereocenters. The van der Waals surface area contributed by atoms with Gasteiger partial charge in [-0.1, -0.05) is 6.07 Å². The standard InChI is InChI=1S/C13H13F3O2/c1-7-6-9(13(14,15)16)4-5-10(7)12(18)11(17)8-2-3-8/h4-6,8,11,17H,2-3H2,1H3. The molecule has 5 heteroatoms. The smallest absolute Gasteiger partial charge is 0.385 e. The van der Waals surface area contributed by atoms with Crippen molar-refractivity contribution in [2.24, 2.45) is 5.92 Å². The van der Waals surface area contributed by atoms with Crippen LogP contribution in [0.2, 0.25) is 0 Å². The van der Waals surface area contributed by atoms with Gasteiger partial charge in [0.2, 0.25) is 0 Å². The zero-order chi connectivity index (χ0) is 13.5. The van der Waals surface area contributed by atoms with Crippen LogP contribution in [0.1, 0.15) is 34.3 Å². The fraction of sp³-hybridized carbons (Fsp3) is 0.462. The zero-order valence-electron chi connectivity index (χ0n) is 9.79. The normalized spacial score (nSPS) is 17.6. The Morgan fingerprint density at radius 3 is 2.44 bits per heavy atom. The number of hydrogen-bond acceptors (Lipinski definition) is 2. The van der Waals surface area contributed by atoms with Crippen LogP contribution >= 0.6 is 0 Å². The van der Waals surface area contributed by atoms with Crippen molar-refractivity contribution in [2.75, 3.05) is 0 Å². The zero-order valence-corrected chi connectivity index (χ0v) is 9.79. The summed E-state index contributed by atoms with van der Waals surface area (Å²) in [4.78, 5) is 11.9. The molecule has 1 N–H and O–H groups in total. The first-order valence-electron chi connectivity index (χ1n) is 5.71. The van der Waals surface area contributed by atoms with Crippen molar-refractivity contribution in [3.05, 3.63) is 34.9 Å². The molecule has 2 rings (SSSR count). The molecule has 2 nitrogen and oxygen atoms in total. The summed E-state index contributed by atoms with van der Waals surface area (Å²) >= 11 is 0. The molecule has 0 heterocycles. The van der Waals surface area contributed by atoms with Crippen LogP contribution in [-0.4, -0.2) is 17.0 Å². The molecule has 1 aliphatic carbocycles. The molecule has 0 radical (unpaired) electrons. The van der Waals surface area contributed by atoms with Gasteiger partial charge in [-0.25, -0.2) is 0 Å². The molecule has 18 heavy (non-hydrogen) atoms. The average molecular weight is 258 g/mol. The highest BCUT2D eigenvalue weighted by Gasteiger charge is 2.36. The Balaban J connectivity index is 2.27. The topological polar surface area (TPSA) is 37.3 Å². The first kappa shape index (κ1) is 13.1. The number of alkyl halides is 3. The summed E-state index contributed by atoms with van der Waals surface area (Å²) in [5.74, 6) is -0.511. The quantitative estimate of drug-likeness (QED) is 0.846. The predicted molar refractivity (Wildman–Crippen MR) is 59.2 cm³/mol. The minimum absolute atomic E-state index is 0.0285. The maximum absolute atomic E-state index is 12.5. The van der Waals surface area contributed by atoms with Crippen LogP contribution in [0.3, 0.4) is 0 Å². The number of benzene rings is 1. The molecule has 0 saturated heterocycles. The minimum atomic E-state index is -4.42. The molecule has 98 valence electrons. The molecular weight excluding hydrogens is 245 g/mol. The molecule has 1 fully saturated rings. The van der Waals surface area contributed by atoms with E-state index in [2.05, 4.69) is 0 Å². The van der Waals surface area contributed by atoms with E-state index >= 15 is 0 Å². The van der Waals surface area contributed by atoms with Gasteiger partial charge in [0.1, 0.15) is 6.10 Å². The number of aliphatic hydroxyl groups is 1. The van der Waals surface area contributed by atoms with Crippen molar-refractivity contribution in [3.8, 4) is 0 Å². The fourth-order valence-corrected chi connectivity index (χ4v) is 1.90. The molecule has 1 atom stereocenters. The summed E-state index contributed by atoms with van der Waals surface area (Å²) < 4.78 is 37.4. The number of carbonyl (C=O) groups is 1. The van der Waals surface area contributed by atoms with Gasteiger partial charge in [0.15, 0.2) is 5.78 Å². The number of rotatable bonds is 3. The van der Waals surface area contributed by atoms with Crippen LogP contribution in [0, 0.1) is 12.8 Å². The van der Waals surface area contributed by atoms with E-state index in [9.17, 15) is 23.1 Å². The lowest BCUT2D eigenvalue weighted by Gasteiger charge is -2.13. The lowest BCUT2D eigenvalue weighted by atomic mass is 9.97. The van der Waals surface area contributed by atoms with Crippen molar-refractivity contribution in [2.45, 2.75) is 32.0 Å². The first-order valence-corrected chi connectivity index (χ1v) is 5.71. The maximum Gasteiger partial charge on any atom is 0.416 e. The van der Waals surface area contributed by atoms with Crippen LogP contribution in [0.4, 0.5) is 13.2 Å². The third-order valence-corrected chi connectivity index (χ3v) is 3.16. The largest absolute Gasteiger partial charge is 0.416 e. The van der Waals surface area contributed by atoms with E-state index in [1.807, 2.05) is 0 Å². The summed E-state index contributed by atoms with van der Waals surface area (Å²) in [6, 6.07) is 2.96.